The molecule has 0 unspecified atom stereocenters. The van der Waals surface area contributed by atoms with E-state index in [0.29, 0.717) is 6.07 Å². The van der Waals surface area contributed by atoms with Gasteiger partial charge in [-0.15, -0.1) is 0 Å². The Morgan fingerprint density at radius 1 is 1.15 bits per heavy atom. The first-order valence-electron chi connectivity index (χ1n) is 3.54. The first kappa shape index (κ1) is 9.85. The van der Waals surface area contributed by atoms with E-state index in [0.717, 1.165) is 6.07 Å². The molecule has 0 bridgehead atoms. The van der Waals surface area contributed by atoms with Crippen LogP contribution in [-0.2, 0) is 0 Å². The van der Waals surface area contributed by atoms with Crippen molar-refractivity contribution in [3.63, 3.8) is 0 Å². The Morgan fingerprint density at radius 3 is 2.38 bits per heavy atom. The highest BCUT2D eigenvalue weighted by Gasteiger charge is 2.14. The van der Waals surface area contributed by atoms with Gasteiger partial charge >= 0.3 is 0 Å². The van der Waals surface area contributed by atoms with E-state index in [1.54, 1.807) is 0 Å². The highest BCUT2D eigenvalue weighted by molar-refractivity contribution is 5.27. The molecule has 0 aliphatic carbocycles. The van der Waals surface area contributed by atoms with Crippen LogP contribution in [0.5, 0.6) is 5.75 Å². The van der Waals surface area contributed by atoms with Crippen LogP contribution in [0.3, 0.4) is 0 Å². The van der Waals surface area contributed by atoms with Crippen molar-refractivity contribution in [2.45, 2.75) is 0 Å². The largest absolute Gasteiger partial charge is 0.485 e. The van der Waals surface area contributed by atoms with Gasteiger partial charge in [-0.05, 0) is 12.1 Å². The predicted octanol–water partition coefficient (Wildman–Crippen LogP) is 1.47. The molecule has 13 heavy (non-hydrogen) atoms. The number of aliphatic hydroxyl groups is 1. The third-order valence-corrected chi connectivity index (χ3v) is 1.34. The van der Waals surface area contributed by atoms with E-state index < -0.39 is 29.8 Å². The Labute approximate surface area is 72.6 Å². The van der Waals surface area contributed by atoms with Crippen LogP contribution >= 0.6 is 0 Å². The van der Waals surface area contributed by atoms with E-state index in [2.05, 4.69) is 4.74 Å². The molecule has 0 amide bonds. The zero-order valence-electron chi connectivity index (χ0n) is 6.56. The number of benzene rings is 1. The zero-order chi connectivity index (χ0) is 9.84. The first-order chi connectivity index (χ1) is 6.16. The monoisotopic (exact) mass is 192 g/mol. The normalized spacial score (nSPS) is 10.2. The summed E-state index contributed by atoms with van der Waals surface area (Å²) in [6, 6.07) is 1.42. The van der Waals surface area contributed by atoms with Crippen LogP contribution in [0.15, 0.2) is 12.1 Å². The number of aliphatic hydroxyl groups excluding tert-OH is 1. The molecule has 2 nitrogen and oxygen atoms in total. The molecule has 0 heterocycles. The van der Waals surface area contributed by atoms with Gasteiger partial charge in [0.2, 0.25) is 5.82 Å². The first-order valence-corrected chi connectivity index (χ1v) is 3.54. The summed E-state index contributed by atoms with van der Waals surface area (Å²) in [5.74, 6) is -4.36. The topological polar surface area (TPSA) is 29.5 Å². The molecule has 0 fully saturated rings. The van der Waals surface area contributed by atoms with Crippen molar-refractivity contribution in [2.75, 3.05) is 13.2 Å². The Kier molecular flexibility index (Phi) is 3.13. The second-order valence-corrected chi connectivity index (χ2v) is 2.24. The summed E-state index contributed by atoms with van der Waals surface area (Å²) in [5.41, 5.74) is 0. The number of hydrogen-bond donors (Lipinski definition) is 1. The molecule has 1 aromatic carbocycles. The van der Waals surface area contributed by atoms with Crippen LogP contribution in [0.4, 0.5) is 13.2 Å². The van der Waals surface area contributed by atoms with Gasteiger partial charge in [-0.3, -0.25) is 0 Å². The minimum absolute atomic E-state index is 0.280. The van der Waals surface area contributed by atoms with E-state index in [-0.39, 0.29) is 6.61 Å². The molecule has 0 aromatic heterocycles. The van der Waals surface area contributed by atoms with Gasteiger partial charge in [-0.2, -0.15) is 4.39 Å². The Balaban J connectivity index is 2.96. The lowest BCUT2D eigenvalue weighted by molar-refractivity contribution is 0.189. The van der Waals surface area contributed by atoms with Gasteiger partial charge in [0.15, 0.2) is 17.4 Å². The lowest BCUT2D eigenvalue weighted by atomic mass is 10.3. The molecule has 0 radical (unpaired) electrons. The van der Waals surface area contributed by atoms with Crippen molar-refractivity contribution in [2.24, 2.45) is 0 Å². The summed E-state index contributed by atoms with van der Waals surface area (Å²) in [7, 11) is 0. The SMILES string of the molecule is OCCOc1c(F)ccc(F)c1F. The number of rotatable bonds is 3. The number of ether oxygens (including phenoxy) is 1. The summed E-state index contributed by atoms with van der Waals surface area (Å²) < 4.78 is 42.5. The fraction of sp³-hybridized carbons (Fsp3) is 0.250. The molecule has 0 saturated heterocycles. The third kappa shape index (κ3) is 2.12. The van der Waals surface area contributed by atoms with Crippen LogP contribution in [-0.4, -0.2) is 18.3 Å². The molecule has 0 saturated carbocycles. The van der Waals surface area contributed by atoms with Crippen molar-refractivity contribution in [3.05, 3.63) is 29.6 Å². The van der Waals surface area contributed by atoms with Crippen LogP contribution < -0.4 is 4.74 Å². The fourth-order valence-corrected chi connectivity index (χ4v) is 0.788. The summed E-state index contributed by atoms with van der Waals surface area (Å²) >= 11 is 0. The minimum atomic E-state index is -1.38. The van der Waals surface area contributed by atoms with E-state index in [1.165, 1.54) is 0 Å². The molecule has 1 rings (SSSR count). The maximum atomic E-state index is 12.8. The summed E-state index contributed by atoms with van der Waals surface area (Å²) in [4.78, 5) is 0. The average molecular weight is 192 g/mol. The van der Waals surface area contributed by atoms with Gasteiger partial charge in [-0.1, -0.05) is 0 Å². The van der Waals surface area contributed by atoms with Gasteiger partial charge in [0.1, 0.15) is 6.61 Å². The summed E-state index contributed by atoms with van der Waals surface area (Å²) in [5, 5.41) is 8.32. The highest BCUT2D eigenvalue weighted by Crippen LogP contribution is 2.23. The predicted molar refractivity (Wildman–Crippen MR) is 38.9 cm³/mol. The van der Waals surface area contributed by atoms with Crippen LogP contribution in [0, 0.1) is 17.5 Å². The molecule has 1 aromatic rings. The molecule has 0 spiro atoms. The fourth-order valence-electron chi connectivity index (χ4n) is 0.788. The molecule has 0 atom stereocenters. The van der Waals surface area contributed by atoms with Gasteiger partial charge < -0.3 is 9.84 Å². The number of hydrogen-bond acceptors (Lipinski definition) is 2. The second kappa shape index (κ2) is 4.13. The quantitative estimate of drug-likeness (QED) is 0.735. The van der Waals surface area contributed by atoms with Crippen LogP contribution in [0.25, 0.3) is 0 Å². The summed E-state index contributed by atoms with van der Waals surface area (Å²) in [6.07, 6.45) is 0. The van der Waals surface area contributed by atoms with Gasteiger partial charge in [-0.25, -0.2) is 8.78 Å². The van der Waals surface area contributed by atoms with Crippen molar-refractivity contribution in [1.82, 2.24) is 0 Å². The Hall–Kier alpha value is -1.23. The van der Waals surface area contributed by atoms with E-state index in [1.807, 2.05) is 0 Å². The third-order valence-electron chi connectivity index (χ3n) is 1.34. The van der Waals surface area contributed by atoms with Crippen LogP contribution in [0.1, 0.15) is 0 Å². The highest BCUT2D eigenvalue weighted by atomic mass is 19.2. The minimum Gasteiger partial charge on any atom is -0.485 e. The molecule has 0 aliphatic heterocycles. The average Bonchev–Trinajstić information content (AvgIpc) is 2.12. The zero-order valence-corrected chi connectivity index (χ0v) is 6.56. The van der Waals surface area contributed by atoms with E-state index in [9.17, 15) is 13.2 Å². The van der Waals surface area contributed by atoms with Crippen molar-refractivity contribution < 1.29 is 23.0 Å². The Morgan fingerprint density at radius 2 is 1.77 bits per heavy atom. The molecular weight excluding hydrogens is 185 g/mol. The smallest absolute Gasteiger partial charge is 0.203 e. The Bertz CT molecular complexity index is 302. The van der Waals surface area contributed by atoms with Gasteiger partial charge in [0.05, 0.1) is 6.61 Å². The van der Waals surface area contributed by atoms with Crippen molar-refractivity contribution in [3.8, 4) is 5.75 Å². The van der Waals surface area contributed by atoms with Crippen LogP contribution in [0.2, 0.25) is 0 Å². The van der Waals surface area contributed by atoms with Crippen molar-refractivity contribution in [1.29, 1.82) is 0 Å². The number of halogens is 3. The van der Waals surface area contributed by atoms with E-state index >= 15 is 0 Å². The maximum Gasteiger partial charge on any atom is 0.203 e. The van der Waals surface area contributed by atoms with Gasteiger partial charge in [0.25, 0.3) is 0 Å². The molecular formula is C8H7F3O2. The molecule has 72 valence electrons. The second-order valence-electron chi connectivity index (χ2n) is 2.24. The molecule has 0 aliphatic rings. The lowest BCUT2D eigenvalue weighted by Crippen LogP contribution is -2.05. The molecule has 5 heteroatoms. The van der Waals surface area contributed by atoms with Crippen molar-refractivity contribution >= 4 is 0 Å². The van der Waals surface area contributed by atoms with E-state index in [4.69, 9.17) is 5.11 Å². The maximum absolute atomic E-state index is 12.8. The molecule has 1 N–H and O–H groups in total. The standard InChI is InChI=1S/C8H7F3O2/c9-5-1-2-6(10)8(7(5)11)13-4-3-12/h1-2,12H,3-4H2. The lowest BCUT2D eigenvalue weighted by Gasteiger charge is -2.06. The van der Waals surface area contributed by atoms with Gasteiger partial charge in [0, 0.05) is 0 Å². The summed E-state index contributed by atoms with van der Waals surface area (Å²) in [6.45, 7) is -0.674.